The Hall–Kier alpha value is -3.14. The second kappa shape index (κ2) is 8.49. The highest BCUT2D eigenvalue weighted by Gasteiger charge is 2.17. The molecule has 10 heteroatoms. The van der Waals surface area contributed by atoms with E-state index in [1.807, 2.05) is 12.1 Å². The fourth-order valence-corrected chi connectivity index (χ4v) is 3.04. The number of carbonyl (C=O) groups is 1. The van der Waals surface area contributed by atoms with Gasteiger partial charge < -0.3 is 24.5 Å². The average Bonchev–Trinajstić information content (AvgIpc) is 3.31. The lowest BCUT2D eigenvalue weighted by Gasteiger charge is -2.07. The third kappa shape index (κ3) is 4.34. The third-order valence-corrected chi connectivity index (χ3v) is 4.57. The molecule has 0 aliphatic carbocycles. The number of thioether (sulfide) groups is 1. The number of ether oxygens (including phenoxy) is 3. The van der Waals surface area contributed by atoms with E-state index in [2.05, 4.69) is 10.2 Å². The minimum atomic E-state index is -0.457. The summed E-state index contributed by atoms with van der Waals surface area (Å²) >= 11 is 1.28. The van der Waals surface area contributed by atoms with Crippen LogP contribution in [0.25, 0.3) is 0 Å². The zero-order valence-electron chi connectivity index (χ0n) is 14.7. The van der Waals surface area contributed by atoms with Crippen molar-refractivity contribution in [2.24, 2.45) is 0 Å². The number of benzene rings is 1. The second-order valence-electron chi connectivity index (χ2n) is 5.27. The van der Waals surface area contributed by atoms with Gasteiger partial charge in [0, 0.05) is 6.07 Å². The lowest BCUT2D eigenvalue weighted by molar-refractivity contribution is 0.0598. The van der Waals surface area contributed by atoms with Crippen molar-refractivity contribution in [1.82, 2.24) is 14.9 Å². The molecule has 9 nitrogen and oxygen atoms in total. The van der Waals surface area contributed by atoms with Crippen LogP contribution < -0.4 is 15.3 Å². The Bertz CT molecular complexity index is 924. The molecule has 2 heterocycles. The molecule has 0 saturated carbocycles. The van der Waals surface area contributed by atoms with Gasteiger partial charge in [0.1, 0.15) is 29.4 Å². The molecule has 0 fully saturated rings. The molecule has 0 unspecified atom stereocenters. The standard InChI is InChI=1S/C17H18N4O5S/c1-23-11-4-3-5-12(8-11)26-9-15-19-20-17(21(15)18)27-10-14-13(6-7-25-14)16(22)24-2/h3-8H,9-10,18H2,1-2H3. The normalized spacial score (nSPS) is 10.6. The van der Waals surface area contributed by atoms with Crippen molar-refractivity contribution in [1.29, 1.82) is 0 Å². The van der Waals surface area contributed by atoms with Gasteiger partial charge in [0.15, 0.2) is 5.82 Å². The van der Waals surface area contributed by atoms with Crippen LogP contribution in [0.2, 0.25) is 0 Å². The summed E-state index contributed by atoms with van der Waals surface area (Å²) < 4.78 is 22.2. The number of furan rings is 1. The Kier molecular flexibility index (Phi) is 5.87. The van der Waals surface area contributed by atoms with E-state index in [1.165, 1.54) is 29.8 Å². The van der Waals surface area contributed by atoms with E-state index in [0.29, 0.717) is 39.6 Å². The summed E-state index contributed by atoms with van der Waals surface area (Å²) in [6.07, 6.45) is 1.43. The number of nitrogen functional groups attached to an aromatic ring is 1. The average molecular weight is 390 g/mol. The molecular formula is C17H18N4O5S. The third-order valence-electron chi connectivity index (χ3n) is 3.63. The summed E-state index contributed by atoms with van der Waals surface area (Å²) in [5.74, 6) is 8.17. The first kappa shape index (κ1) is 18.6. The molecule has 3 aromatic rings. The summed E-state index contributed by atoms with van der Waals surface area (Å²) in [7, 11) is 2.90. The smallest absolute Gasteiger partial charge is 0.341 e. The van der Waals surface area contributed by atoms with Crippen molar-refractivity contribution in [2.75, 3.05) is 20.1 Å². The molecule has 0 radical (unpaired) electrons. The SMILES string of the molecule is COC(=O)c1ccoc1CSc1nnc(COc2cccc(OC)c2)n1N. The maximum Gasteiger partial charge on any atom is 0.341 e. The van der Waals surface area contributed by atoms with Crippen molar-refractivity contribution in [3.63, 3.8) is 0 Å². The maximum atomic E-state index is 11.7. The van der Waals surface area contributed by atoms with Crippen molar-refractivity contribution in [3.05, 3.63) is 53.7 Å². The Morgan fingerprint density at radius 1 is 1.26 bits per heavy atom. The van der Waals surface area contributed by atoms with E-state index in [4.69, 9.17) is 24.5 Å². The van der Waals surface area contributed by atoms with Gasteiger partial charge >= 0.3 is 5.97 Å². The molecule has 0 spiro atoms. The molecule has 0 atom stereocenters. The predicted octanol–water partition coefficient (Wildman–Crippen LogP) is 2.25. The van der Waals surface area contributed by atoms with Crippen LogP contribution >= 0.6 is 11.8 Å². The highest BCUT2D eigenvalue weighted by Crippen LogP contribution is 2.24. The number of hydrogen-bond acceptors (Lipinski definition) is 9. The number of aromatic nitrogens is 3. The van der Waals surface area contributed by atoms with Crippen LogP contribution in [0, 0.1) is 0 Å². The maximum absolute atomic E-state index is 11.7. The number of esters is 1. The highest BCUT2D eigenvalue weighted by atomic mass is 32.2. The largest absolute Gasteiger partial charge is 0.497 e. The first-order chi connectivity index (χ1) is 13.1. The Morgan fingerprint density at radius 3 is 2.85 bits per heavy atom. The van der Waals surface area contributed by atoms with Gasteiger partial charge in [-0.2, -0.15) is 0 Å². The van der Waals surface area contributed by atoms with Crippen LogP contribution in [-0.2, 0) is 17.1 Å². The quantitative estimate of drug-likeness (QED) is 0.351. The number of hydrogen-bond donors (Lipinski definition) is 1. The number of methoxy groups -OCH3 is 2. The van der Waals surface area contributed by atoms with Crippen LogP contribution in [0.3, 0.4) is 0 Å². The molecule has 2 aromatic heterocycles. The summed E-state index contributed by atoms with van der Waals surface area (Å²) in [5, 5.41) is 8.54. The fraction of sp³-hybridized carbons (Fsp3) is 0.235. The highest BCUT2D eigenvalue weighted by molar-refractivity contribution is 7.98. The summed E-state index contributed by atoms with van der Waals surface area (Å²) in [4.78, 5) is 11.7. The lowest BCUT2D eigenvalue weighted by Crippen LogP contribution is -2.15. The van der Waals surface area contributed by atoms with E-state index in [-0.39, 0.29) is 6.61 Å². The predicted molar refractivity (Wildman–Crippen MR) is 97.1 cm³/mol. The number of nitrogens with zero attached hydrogens (tertiary/aromatic N) is 3. The van der Waals surface area contributed by atoms with Gasteiger partial charge in [0.05, 0.1) is 26.2 Å². The van der Waals surface area contributed by atoms with E-state index in [1.54, 1.807) is 25.3 Å². The van der Waals surface area contributed by atoms with Crippen molar-refractivity contribution in [2.45, 2.75) is 17.5 Å². The molecule has 0 amide bonds. The molecule has 0 bridgehead atoms. The number of rotatable bonds is 8. The van der Waals surface area contributed by atoms with Gasteiger partial charge in [-0.3, -0.25) is 0 Å². The summed E-state index contributed by atoms with van der Waals surface area (Å²) in [6.45, 7) is 0.144. The molecule has 0 aliphatic heterocycles. The summed E-state index contributed by atoms with van der Waals surface area (Å²) in [6, 6.07) is 8.77. The second-order valence-corrected chi connectivity index (χ2v) is 6.22. The van der Waals surface area contributed by atoms with Crippen LogP contribution in [0.15, 0.2) is 46.2 Å². The first-order valence-corrected chi connectivity index (χ1v) is 8.84. The van der Waals surface area contributed by atoms with E-state index in [0.717, 1.165) is 0 Å². The molecule has 1 aromatic carbocycles. The molecular weight excluding hydrogens is 372 g/mol. The van der Waals surface area contributed by atoms with Gasteiger partial charge in [0.25, 0.3) is 0 Å². The van der Waals surface area contributed by atoms with Gasteiger partial charge in [-0.1, -0.05) is 17.8 Å². The van der Waals surface area contributed by atoms with Crippen molar-refractivity contribution in [3.8, 4) is 11.5 Å². The van der Waals surface area contributed by atoms with Crippen molar-refractivity contribution < 1.29 is 23.4 Å². The van der Waals surface area contributed by atoms with Gasteiger partial charge in [-0.25, -0.2) is 9.47 Å². The minimum Gasteiger partial charge on any atom is -0.497 e. The first-order valence-electron chi connectivity index (χ1n) is 7.86. The minimum absolute atomic E-state index is 0.144. The van der Waals surface area contributed by atoms with Gasteiger partial charge in [0.2, 0.25) is 5.16 Å². The molecule has 27 heavy (non-hydrogen) atoms. The zero-order chi connectivity index (χ0) is 19.2. The van der Waals surface area contributed by atoms with Crippen LogP contribution in [0.5, 0.6) is 11.5 Å². The summed E-state index contributed by atoms with van der Waals surface area (Å²) in [5.41, 5.74) is 0.370. The topological polar surface area (TPSA) is 115 Å². The van der Waals surface area contributed by atoms with E-state index in [9.17, 15) is 4.79 Å². The molecule has 142 valence electrons. The van der Waals surface area contributed by atoms with Crippen LogP contribution in [0.1, 0.15) is 21.9 Å². The number of nitrogens with two attached hydrogens (primary N) is 1. The molecule has 0 saturated heterocycles. The Morgan fingerprint density at radius 2 is 2.07 bits per heavy atom. The molecule has 0 aliphatic rings. The molecule has 2 N–H and O–H groups in total. The van der Waals surface area contributed by atoms with Crippen LogP contribution in [0.4, 0.5) is 0 Å². The zero-order valence-corrected chi connectivity index (χ0v) is 15.6. The number of carbonyl (C=O) groups excluding carboxylic acids is 1. The van der Waals surface area contributed by atoms with Gasteiger partial charge in [-0.05, 0) is 18.2 Å². The Balaban J connectivity index is 1.62. The fourth-order valence-electron chi connectivity index (χ4n) is 2.22. The lowest BCUT2D eigenvalue weighted by atomic mass is 10.3. The molecule has 3 rings (SSSR count). The van der Waals surface area contributed by atoms with E-state index >= 15 is 0 Å². The Labute approximate surface area is 159 Å². The monoisotopic (exact) mass is 390 g/mol. The van der Waals surface area contributed by atoms with Crippen LogP contribution in [-0.4, -0.2) is 35.1 Å². The van der Waals surface area contributed by atoms with E-state index < -0.39 is 5.97 Å². The van der Waals surface area contributed by atoms with Gasteiger partial charge in [-0.15, -0.1) is 10.2 Å². The van der Waals surface area contributed by atoms with Crippen molar-refractivity contribution >= 4 is 17.7 Å².